The van der Waals surface area contributed by atoms with Crippen molar-refractivity contribution >= 4 is 22.7 Å². The van der Waals surface area contributed by atoms with E-state index >= 15 is 0 Å². The van der Waals surface area contributed by atoms with Crippen LogP contribution in [0.15, 0.2) is 48.7 Å². The highest BCUT2D eigenvalue weighted by atomic mass is 16.5. The van der Waals surface area contributed by atoms with Crippen molar-refractivity contribution in [1.82, 2.24) is 15.6 Å². The lowest BCUT2D eigenvalue weighted by atomic mass is 10.0. The fourth-order valence-electron chi connectivity index (χ4n) is 3.82. The van der Waals surface area contributed by atoms with Crippen LogP contribution in [0.25, 0.3) is 10.9 Å². The van der Waals surface area contributed by atoms with Gasteiger partial charge in [-0.15, -0.1) is 0 Å². The van der Waals surface area contributed by atoms with Crippen molar-refractivity contribution in [3.8, 4) is 11.5 Å². The summed E-state index contributed by atoms with van der Waals surface area (Å²) in [6.45, 7) is 4.56. The zero-order valence-electron chi connectivity index (χ0n) is 17.7. The second kappa shape index (κ2) is 9.12. The molecule has 7 nitrogen and oxygen atoms in total. The van der Waals surface area contributed by atoms with Crippen molar-refractivity contribution in [3.63, 3.8) is 0 Å². The number of benzene rings is 2. The average molecular weight is 421 g/mol. The number of aromatic amines is 1. The van der Waals surface area contributed by atoms with Gasteiger partial charge in [0.25, 0.3) is 0 Å². The van der Waals surface area contributed by atoms with Crippen molar-refractivity contribution in [2.75, 3.05) is 13.2 Å². The summed E-state index contributed by atoms with van der Waals surface area (Å²) in [6.07, 6.45) is 3.12. The minimum Gasteiger partial charge on any atom is -0.490 e. The number of hydrogen-bond donors (Lipinski definition) is 3. The number of ether oxygens (including phenoxy) is 2. The molecular formula is C24H27N3O4. The number of para-hydroxylation sites is 1. The molecule has 0 fully saturated rings. The molecular weight excluding hydrogens is 394 g/mol. The number of carbonyl (C=O) groups is 2. The summed E-state index contributed by atoms with van der Waals surface area (Å²) in [5, 5.41) is 6.86. The molecule has 1 aromatic heterocycles. The Morgan fingerprint density at radius 2 is 1.84 bits per heavy atom. The maximum absolute atomic E-state index is 13.1. The minimum atomic E-state index is -0.681. The highest BCUT2D eigenvalue weighted by molar-refractivity contribution is 5.89. The second-order valence-corrected chi connectivity index (χ2v) is 7.80. The molecule has 2 atom stereocenters. The van der Waals surface area contributed by atoms with Crippen molar-refractivity contribution in [2.24, 2.45) is 0 Å². The second-order valence-electron chi connectivity index (χ2n) is 7.80. The molecule has 1 aliphatic rings. The molecule has 0 radical (unpaired) electrons. The number of amides is 2. The third-order valence-corrected chi connectivity index (χ3v) is 5.42. The highest BCUT2D eigenvalue weighted by Gasteiger charge is 2.24. The molecule has 2 aromatic carbocycles. The highest BCUT2D eigenvalue weighted by Crippen LogP contribution is 2.32. The molecule has 0 spiro atoms. The molecule has 2 unspecified atom stereocenters. The lowest BCUT2D eigenvalue weighted by molar-refractivity contribution is -0.128. The standard InChI is InChI=1S/C24H27N3O4/c1-15(17-8-9-22-23(13-17)31-11-5-10-30-22)26-24(29)21(27-16(2)28)12-18-14-25-20-7-4-3-6-19(18)20/h3-4,6-9,13-15,21,25H,5,10-12H2,1-2H3,(H,26,29)(H,27,28). The number of aromatic nitrogens is 1. The van der Waals surface area contributed by atoms with Gasteiger partial charge in [0, 0.05) is 36.9 Å². The number of carbonyl (C=O) groups excluding carboxylic acids is 2. The Balaban J connectivity index is 1.49. The van der Waals surface area contributed by atoms with E-state index in [9.17, 15) is 9.59 Å². The van der Waals surface area contributed by atoms with Crippen molar-refractivity contribution in [2.45, 2.75) is 38.8 Å². The number of H-pyrrole nitrogens is 1. The van der Waals surface area contributed by atoms with E-state index < -0.39 is 6.04 Å². The lowest BCUT2D eigenvalue weighted by Gasteiger charge is -2.22. The van der Waals surface area contributed by atoms with Gasteiger partial charge in [0.1, 0.15) is 6.04 Å². The van der Waals surface area contributed by atoms with Gasteiger partial charge in [-0.2, -0.15) is 0 Å². The summed E-state index contributed by atoms with van der Waals surface area (Å²) < 4.78 is 11.4. The van der Waals surface area contributed by atoms with Crippen molar-refractivity contribution < 1.29 is 19.1 Å². The van der Waals surface area contributed by atoms with Crippen LogP contribution in [0.5, 0.6) is 11.5 Å². The van der Waals surface area contributed by atoms with Crippen LogP contribution in [-0.2, 0) is 16.0 Å². The Bertz CT molecular complexity index is 1090. The topological polar surface area (TPSA) is 92.5 Å². The van der Waals surface area contributed by atoms with Crippen molar-refractivity contribution in [1.29, 1.82) is 0 Å². The fraction of sp³-hybridized carbons (Fsp3) is 0.333. The Morgan fingerprint density at radius 1 is 1.06 bits per heavy atom. The first-order valence-corrected chi connectivity index (χ1v) is 10.5. The largest absolute Gasteiger partial charge is 0.490 e. The molecule has 2 heterocycles. The Hall–Kier alpha value is -3.48. The molecule has 162 valence electrons. The Labute approximate surface area is 181 Å². The van der Waals surface area contributed by atoms with Gasteiger partial charge >= 0.3 is 0 Å². The van der Waals surface area contributed by atoms with Crippen LogP contribution in [0.1, 0.15) is 37.4 Å². The van der Waals surface area contributed by atoms with Crippen LogP contribution in [0.2, 0.25) is 0 Å². The number of rotatable bonds is 6. The van der Waals surface area contributed by atoms with Gasteiger partial charge in [0.2, 0.25) is 11.8 Å². The zero-order chi connectivity index (χ0) is 21.8. The van der Waals surface area contributed by atoms with Gasteiger partial charge in [-0.05, 0) is 36.2 Å². The molecule has 0 saturated carbocycles. The first-order chi connectivity index (χ1) is 15.0. The van der Waals surface area contributed by atoms with E-state index in [-0.39, 0.29) is 17.9 Å². The van der Waals surface area contributed by atoms with E-state index in [0.717, 1.165) is 34.2 Å². The Kier molecular flexibility index (Phi) is 6.11. The van der Waals surface area contributed by atoms with Gasteiger partial charge < -0.3 is 25.1 Å². The quantitative estimate of drug-likeness (QED) is 0.570. The van der Waals surface area contributed by atoms with Crippen LogP contribution in [0.4, 0.5) is 0 Å². The van der Waals surface area contributed by atoms with Gasteiger partial charge in [-0.3, -0.25) is 9.59 Å². The van der Waals surface area contributed by atoms with E-state index in [1.54, 1.807) is 0 Å². The monoisotopic (exact) mass is 421 g/mol. The Morgan fingerprint density at radius 3 is 2.65 bits per heavy atom. The fourth-order valence-corrected chi connectivity index (χ4v) is 3.82. The summed E-state index contributed by atoms with van der Waals surface area (Å²) in [4.78, 5) is 28.1. The number of hydrogen-bond acceptors (Lipinski definition) is 4. The van der Waals surface area contributed by atoms with Gasteiger partial charge in [0.05, 0.1) is 19.3 Å². The maximum Gasteiger partial charge on any atom is 0.243 e. The molecule has 7 heteroatoms. The van der Waals surface area contributed by atoms with Crippen LogP contribution in [0, 0.1) is 0 Å². The van der Waals surface area contributed by atoms with Gasteiger partial charge in [-0.25, -0.2) is 0 Å². The van der Waals surface area contributed by atoms with E-state index in [0.29, 0.717) is 25.4 Å². The first-order valence-electron chi connectivity index (χ1n) is 10.5. The normalized spacial score (nSPS) is 15.0. The summed E-state index contributed by atoms with van der Waals surface area (Å²) >= 11 is 0. The van der Waals surface area contributed by atoms with Gasteiger partial charge in [-0.1, -0.05) is 24.3 Å². The molecule has 0 bridgehead atoms. The summed E-state index contributed by atoms with van der Waals surface area (Å²) in [5.74, 6) is 0.923. The smallest absolute Gasteiger partial charge is 0.243 e. The molecule has 3 N–H and O–H groups in total. The lowest BCUT2D eigenvalue weighted by Crippen LogP contribution is -2.47. The van der Waals surface area contributed by atoms with Crippen LogP contribution in [-0.4, -0.2) is 36.1 Å². The molecule has 1 aliphatic heterocycles. The molecule has 3 aromatic rings. The minimum absolute atomic E-state index is 0.236. The number of nitrogens with one attached hydrogen (secondary N) is 3. The van der Waals surface area contributed by atoms with E-state index in [4.69, 9.17) is 9.47 Å². The maximum atomic E-state index is 13.1. The summed E-state index contributed by atoms with van der Waals surface area (Å²) in [7, 11) is 0. The number of fused-ring (bicyclic) bond motifs is 2. The third-order valence-electron chi connectivity index (χ3n) is 5.42. The van der Waals surface area contributed by atoms with Crippen LogP contribution >= 0.6 is 0 Å². The van der Waals surface area contributed by atoms with E-state index in [2.05, 4.69) is 15.6 Å². The summed E-state index contributed by atoms with van der Waals surface area (Å²) in [5.41, 5.74) is 2.89. The third kappa shape index (κ3) is 4.82. The van der Waals surface area contributed by atoms with E-state index in [1.165, 1.54) is 6.92 Å². The van der Waals surface area contributed by atoms with Gasteiger partial charge in [0.15, 0.2) is 11.5 Å². The van der Waals surface area contributed by atoms with E-state index in [1.807, 2.05) is 55.6 Å². The first kappa shape index (κ1) is 20.8. The molecule has 0 saturated heterocycles. The molecule has 0 aliphatic carbocycles. The summed E-state index contributed by atoms with van der Waals surface area (Å²) in [6, 6.07) is 12.7. The molecule has 31 heavy (non-hydrogen) atoms. The predicted molar refractivity (Wildman–Crippen MR) is 118 cm³/mol. The average Bonchev–Trinajstić information content (AvgIpc) is 3.00. The van der Waals surface area contributed by atoms with Crippen LogP contribution < -0.4 is 20.1 Å². The molecule has 4 rings (SSSR count). The predicted octanol–water partition coefficient (Wildman–Crippen LogP) is 3.25. The van der Waals surface area contributed by atoms with Crippen molar-refractivity contribution in [3.05, 3.63) is 59.8 Å². The SMILES string of the molecule is CC(=O)NC(Cc1c[nH]c2ccccc12)C(=O)NC(C)c1ccc2c(c1)OCCCO2. The zero-order valence-corrected chi connectivity index (χ0v) is 17.7. The molecule has 2 amide bonds. The van der Waals surface area contributed by atoms with Crippen LogP contribution in [0.3, 0.4) is 0 Å².